The monoisotopic (exact) mass is 263 g/mol. The molecule has 2 rings (SSSR count). The number of phenols is 1. The van der Waals surface area contributed by atoms with Crippen LogP contribution in [0.5, 0.6) is 5.75 Å². The molecule has 1 aromatic carbocycles. The van der Waals surface area contributed by atoms with Crippen LogP contribution in [0.4, 0.5) is 0 Å². The summed E-state index contributed by atoms with van der Waals surface area (Å²) in [5, 5.41) is 13.3. The standard InChI is InChI=1S/C16H25NO2/c1-12-7-8-16(18)15(11-12)13(2)17-9-10-19-14-5-3-4-6-14/h7-8,11,13-14,17-18H,3-6,9-10H2,1-2H3. The fourth-order valence-electron chi connectivity index (χ4n) is 2.69. The van der Waals surface area contributed by atoms with Gasteiger partial charge in [0.2, 0.25) is 0 Å². The summed E-state index contributed by atoms with van der Waals surface area (Å²) in [4.78, 5) is 0. The molecule has 0 saturated heterocycles. The smallest absolute Gasteiger partial charge is 0.120 e. The van der Waals surface area contributed by atoms with Gasteiger partial charge in [0.05, 0.1) is 12.7 Å². The second-order valence-corrected chi connectivity index (χ2v) is 5.52. The van der Waals surface area contributed by atoms with Gasteiger partial charge in [0.15, 0.2) is 0 Å². The zero-order valence-corrected chi connectivity index (χ0v) is 12.0. The van der Waals surface area contributed by atoms with Crippen molar-refractivity contribution in [3.05, 3.63) is 29.3 Å². The van der Waals surface area contributed by atoms with Crippen LogP contribution in [0.2, 0.25) is 0 Å². The van der Waals surface area contributed by atoms with Gasteiger partial charge in [-0.2, -0.15) is 0 Å². The number of aryl methyl sites for hydroxylation is 1. The van der Waals surface area contributed by atoms with Gasteiger partial charge >= 0.3 is 0 Å². The van der Waals surface area contributed by atoms with Crippen molar-refractivity contribution >= 4 is 0 Å². The highest BCUT2D eigenvalue weighted by molar-refractivity contribution is 5.37. The molecule has 1 saturated carbocycles. The second-order valence-electron chi connectivity index (χ2n) is 5.52. The quantitative estimate of drug-likeness (QED) is 0.774. The summed E-state index contributed by atoms with van der Waals surface area (Å²) in [6.45, 7) is 5.69. The maximum atomic E-state index is 9.86. The number of hydrogen-bond donors (Lipinski definition) is 2. The van der Waals surface area contributed by atoms with Gasteiger partial charge in [-0.15, -0.1) is 0 Å². The summed E-state index contributed by atoms with van der Waals surface area (Å²) in [6, 6.07) is 5.87. The van der Waals surface area contributed by atoms with Gasteiger partial charge in [0.1, 0.15) is 5.75 Å². The summed E-state index contributed by atoms with van der Waals surface area (Å²) in [5.41, 5.74) is 2.13. The number of benzene rings is 1. The van der Waals surface area contributed by atoms with Crippen LogP contribution in [0, 0.1) is 6.92 Å². The van der Waals surface area contributed by atoms with Gasteiger partial charge in [0, 0.05) is 18.2 Å². The van der Waals surface area contributed by atoms with Crippen molar-refractivity contribution in [2.45, 2.75) is 51.7 Å². The van der Waals surface area contributed by atoms with E-state index < -0.39 is 0 Å². The SMILES string of the molecule is Cc1ccc(O)c(C(C)NCCOC2CCCC2)c1. The maximum absolute atomic E-state index is 9.86. The van der Waals surface area contributed by atoms with Crippen molar-refractivity contribution in [3.63, 3.8) is 0 Å². The Morgan fingerprint density at radius 1 is 1.37 bits per heavy atom. The first-order valence-corrected chi connectivity index (χ1v) is 7.31. The van der Waals surface area contributed by atoms with E-state index in [2.05, 4.69) is 12.2 Å². The van der Waals surface area contributed by atoms with E-state index in [1.807, 2.05) is 19.1 Å². The Hall–Kier alpha value is -1.06. The summed E-state index contributed by atoms with van der Waals surface area (Å²) in [5.74, 6) is 0.363. The highest BCUT2D eigenvalue weighted by atomic mass is 16.5. The first kappa shape index (κ1) is 14.4. The molecule has 3 heteroatoms. The maximum Gasteiger partial charge on any atom is 0.120 e. The minimum atomic E-state index is 0.145. The minimum absolute atomic E-state index is 0.145. The molecule has 0 heterocycles. The fraction of sp³-hybridized carbons (Fsp3) is 0.625. The van der Waals surface area contributed by atoms with Gasteiger partial charge in [-0.05, 0) is 32.8 Å². The van der Waals surface area contributed by atoms with E-state index in [4.69, 9.17) is 4.74 Å². The van der Waals surface area contributed by atoms with E-state index in [1.165, 1.54) is 31.2 Å². The van der Waals surface area contributed by atoms with Crippen LogP contribution in [0.1, 0.15) is 49.8 Å². The predicted molar refractivity (Wildman–Crippen MR) is 77.5 cm³/mol. The number of nitrogens with one attached hydrogen (secondary N) is 1. The van der Waals surface area contributed by atoms with Crippen molar-refractivity contribution in [2.75, 3.05) is 13.2 Å². The van der Waals surface area contributed by atoms with E-state index in [9.17, 15) is 5.11 Å². The molecule has 1 aromatic rings. The summed E-state index contributed by atoms with van der Waals surface area (Å²) in [6.07, 6.45) is 5.53. The zero-order valence-electron chi connectivity index (χ0n) is 12.0. The van der Waals surface area contributed by atoms with Crippen LogP contribution in [0.15, 0.2) is 18.2 Å². The van der Waals surface area contributed by atoms with Crippen LogP contribution < -0.4 is 5.32 Å². The van der Waals surface area contributed by atoms with Crippen molar-refractivity contribution in [3.8, 4) is 5.75 Å². The highest BCUT2D eigenvalue weighted by Crippen LogP contribution is 2.25. The average Bonchev–Trinajstić information content (AvgIpc) is 2.90. The van der Waals surface area contributed by atoms with Crippen LogP contribution in [-0.4, -0.2) is 24.4 Å². The van der Waals surface area contributed by atoms with Crippen molar-refractivity contribution in [1.82, 2.24) is 5.32 Å². The molecule has 1 unspecified atom stereocenters. The molecule has 1 aliphatic rings. The lowest BCUT2D eigenvalue weighted by atomic mass is 10.0. The van der Waals surface area contributed by atoms with Crippen molar-refractivity contribution in [1.29, 1.82) is 0 Å². The molecule has 2 N–H and O–H groups in total. The lowest BCUT2D eigenvalue weighted by Crippen LogP contribution is -2.25. The Bertz CT molecular complexity index is 400. The molecule has 0 aliphatic heterocycles. The predicted octanol–water partition coefficient (Wildman–Crippen LogP) is 3.31. The van der Waals surface area contributed by atoms with Gasteiger partial charge in [0.25, 0.3) is 0 Å². The highest BCUT2D eigenvalue weighted by Gasteiger charge is 2.15. The van der Waals surface area contributed by atoms with E-state index >= 15 is 0 Å². The largest absolute Gasteiger partial charge is 0.508 e. The molecular formula is C16H25NO2. The lowest BCUT2D eigenvalue weighted by Gasteiger charge is -2.17. The number of hydrogen-bond acceptors (Lipinski definition) is 3. The van der Waals surface area contributed by atoms with Crippen LogP contribution >= 0.6 is 0 Å². The minimum Gasteiger partial charge on any atom is -0.508 e. The average molecular weight is 263 g/mol. The molecule has 0 aromatic heterocycles. The van der Waals surface area contributed by atoms with E-state index in [0.717, 1.165) is 18.7 Å². The topological polar surface area (TPSA) is 41.5 Å². The molecule has 0 spiro atoms. The molecule has 3 nitrogen and oxygen atoms in total. The molecule has 0 amide bonds. The van der Waals surface area contributed by atoms with Gasteiger partial charge in [-0.1, -0.05) is 30.5 Å². The number of ether oxygens (including phenoxy) is 1. The molecule has 1 fully saturated rings. The summed E-state index contributed by atoms with van der Waals surface area (Å²) >= 11 is 0. The Labute approximate surface area is 116 Å². The van der Waals surface area contributed by atoms with E-state index in [0.29, 0.717) is 11.9 Å². The van der Waals surface area contributed by atoms with Crippen LogP contribution in [0.3, 0.4) is 0 Å². The second kappa shape index (κ2) is 6.92. The van der Waals surface area contributed by atoms with Crippen LogP contribution in [-0.2, 0) is 4.74 Å². The Kier molecular flexibility index (Phi) is 5.23. The molecule has 1 aliphatic carbocycles. The lowest BCUT2D eigenvalue weighted by molar-refractivity contribution is 0.0593. The Morgan fingerprint density at radius 3 is 2.84 bits per heavy atom. The van der Waals surface area contributed by atoms with Crippen molar-refractivity contribution < 1.29 is 9.84 Å². The molecule has 1 atom stereocenters. The third-order valence-corrected chi connectivity index (χ3v) is 3.86. The van der Waals surface area contributed by atoms with Gasteiger partial charge < -0.3 is 15.2 Å². The molecule has 19 heavy (non-hydrogen) atoms. The summed E-state index contributed by atoms with van der Waals surface area (Å²) < 4.78 is 5.82. The van der Waals surface area contributed by atoms with E-state index in [-0.39, 0.29) is 6.04 Å². The van der Waals surface area contributed by atoms with Gasteiger partial charge in [-0.25, -0.2) is 0 Å². The normalized spacial score (nSPS) is 17.8. The Balaban J connectivity index is 1.74. The van der Waals surface area contributed by atoms with Crippen LogP contribution in [0.25, 0.3) is 0 Å². The summed E-state index contributed by atoms with van der Waals surface area (Å²) in [7, 11) is 0. The number of phenolic OH excluding ortho intramolecular Hbond substituents is 1. The third kappa shape index (κ3) is 4.22. The van der Waals surface area contributed by atoms with E-state index in [1.54, 1.807) is 6.07 Å². The van der Waals surface area contributed by atoms with Gasteiger partial charge in [-0.3, -0.25) is 0 Å². The fourth-order valence-corrected chi connectivity index (χ4v) is 2.69. The zero-order chi connectivity index (χ0) is 13.7. The molecule has 0 radical (unpaired) electrons. The molecular weight excluding hydrogens is 238 g/mol. The number of aromatic hydroxyl groups is 1. The van der Waals surface area contributed by atoms with Crippen molar-refractivity contribution in [2.24, 2.45) is 0 Å². The first-order valence-electron chi connectivity index (χ1n) is 7.31. The number of rotatable bonds is 6. The molecule has 106 valence electrons. The Morgan fingerprint density at radius 2 is 2.11 bits per heavy atom. The molecule has 0 bridgehead atoms. The third-order valence-electron chi connectivity index (χ3n) is 3.86. The first-order chi connectivity index (χ1) is 9.16.